The van der Waals surface area contributed by atoms with E-state index in [1.807, 2.05) is 6.92 Å². The molecule has 1 aromatic carbocycles. The molecular weight excluding hydrogens is 286 g/mol. The maximum absolute atomic E-state index is 12.6. The van der Waals surface area contributed by atoms with Gasteiger partial charge in [0, 0.05) is 18.8 Å². The maximum atomic E-state index is 12.6. The highest BCUT2D eigenvalue weighted by Crippen LogP contribution is 2.17. The molecule has 1 aromatic rings. The first-order valence-electron chi connectivity index (χ1n) is 7.53. The van der Waals surface area contributed by atoms with E-state index in [-0.39, 0.29) is 0 Å². The number of sulfonamides is 1. The van der Waals surface area contributed by atoms with Crippen molar-refractivity contribution in [2.75, 3.05) is 38.5 Å². The summed E-state index contributed by atoms with van der Waals surface area (Å²) in [5.41, 5.74) is 6.18. The molecule has 2 N–H and O–H groups in total. The number of hydrogen-bond donors (Lipinski definition) is 1. The van der Waals surface area contributed by atoms with Crippen molar-refractivity contribution in [3.05, 3.63) is 24.3 Å². The van der Waals surface area contributed by atoms with Crippen LogP contribution in [0.3, 0.4) is 0 Å². The summed E-state index contributed by atoms with van der Waals surface area (Å²) in [4.78, 5) is 2.60. The number of nitrogen functional groups attached to an aromatic ring is 1. The molecule has 0 unspecified atom stereocenters. The number of benzene rings is 1. The lowest BCUT2D eigenvalue weighted by Crippen LogP contribution is -2.34. The molecule has 0 aliphatic rings. The molecule has 1 rings (SSSR count). The summed E-state index contributed by atoms with van der Waals surface area (Å²) in [7, 11) is -3.42. The van der Waals surface area contributed by atoms with Crippen LogP contribution < -0.4 is 5.73 Å². The van der Waals surface area contributed by atoms with Gasteiger partial charge in [0.05, 0.1) is 4.90 Å². The fraction of sp³-hybridized carbons (Fsp3) is 0.600. The molecule has 0 heterocycles. The maximum Gasteiger partial charge on any atom is 0.243 e. The van der Waals surface area contributed by atoms with Crippen LogP contribution in [0.15, 0.2) is 29.2 Å². The Balaban J connectivity index is 2.72. The average molecular weight is 313 g/mol. The van der Waals surface area contributed by atoms with Gasteiger partial charge in [-0.25, -0.2) is 8.42 Å². The number of nitrogens with two attached hydrogens (primary N) is 1. The molecule has 0 amide bonds. The van der Waals surface area contributed by atoms with Crippen LogP contribution in [0.1, 0.15) is 27.2 Å². The van der Waals surface area contributed by atoms with Crippen LogP contribution >= 0.6 is 0 Å². The standard InChI is InChI=1S/C15H27N3O2S/c1-4-17(5-2)12-7-13-18(6-3)21(19,20)15-10-8-14(16)9-11-15/h8-11H,4-7,12-13,16H2,1-3H3. The van der Waals surface area contributed by atoms with Crippen molar-refractivity contribution in [1.82, 2.24) is 9.21 Å². The lowest BCUT2D eigenvalue weighted by Gasteiger charge is -2.23. The molecule has 0 atom stereocenters. The summed E-state index contributed by atoms with van der Waals surface area (Å²) in [6, 6.07) is 6.38. The number of anilines is 1. The Morgan fingerprint density at radius 3 is 2.00 bits per heavy atom. The zero-order chi connectivity index (χ0) is 15.9. The van der Waals surface area contributed by atoms with E-state index in [4.69, 9.17) is 5.73 Å². The van der Waals surface area contributed by atoms with Crippen LogP contribution in [0.5, 0.6) is 0 Å². The van der Waals surface area contributed by atoms with Gasteiger partial charge < -0.3 is 10.6 Å². The van der Waals surface area contributed by atoms with Gasteiger partial charge in [-0.1, -0.05) is 20.8 Å². The van der Waals surface area contributed by atoms with Crippen molar-refractivity contribution in [3.63, 3.8) is 0 Å². The lowest BCUT2D eigenvalue weighted by molar-refractivity contribution is 0.285. The molecule has 0 saturated carbocycles. The van der Waals surface area contributed by atoms with Crippen molar-refractivity contribution in [1.29, 1.82) is 0 Å². The Labute approximate surface area is 128 Å². The van der Waals surface area contributed by atoms with Crippen LogP contribution in [0.2, 0.25) is 0 Å². The fourth-order valence-electron chi connectivity index (χ4n) is 2.25. The third-order valence-electron chi connectivity index (χ3n) is 3.65. The molecule has 0 saturated heterocycles. The Morgan fingerprint density at radius 1 is 0.952 bits per heavy atom. The molecule has 0 aliphatic heterocycles. The first kappa shape index (κ1) is 17.9. The van der Waals surface area contributed by atoms with Gasteiger partial charge in [0.25, 0.3) is 0 Å². The molecule has 0 radical (unpaired) electrons. The SMILES string of the molecule is CCN(CC)CCCN(CC)S(=O)(=O)c1ccc(N)cc1. The summed E-state index contributed by atoms with van der Waals surface area (Å²) in [5, 5.41) is 0. The Hall–Kier alpha value is -1.11. The highest BCUT2D eigenvalue weighted by Gasteiger charge is 2.22. The van der Waals surface area contributed by atoms with E-state index in [1.165, 1.54) is 4.31 Å². The minimum atomic E-state index is -3.42. The summed E-state index contributed by atoms with van der Waals surface area (Å²) in [6.45, 7) is 10.0. The van der Waals surface area contributed by atoms with E-state index in [9.17, 15) is 8.42 Å². The third-order valence-corrected chi connectivity index (χ3v) is 5.64. The number of rotatable bonds is 9. The first-order valence-corrected chi connectivity index (χ1v) is 8.97. The average Bonchev–Trinajstić information content (AvgIpc) is 2.48. The zero-order valence-electron chi connectivity index (χ0n) is 13.2. The van der Waals surface area contributed by atoms with Gasteiger partial charge >= 0.3 is 0 Å². The summed E-state index contributed by atoms with van der Waals surface area (Å²) >= 11 is 0. The molecule has 0 spiro atoms. The topological polar surface area (TPSA) is 66.6 Å². The molecule has 0 fully saturated rings. The lowest BCUT2D eigenvalue weighted by atomic mass is 10.3. The molecule has 0 aromatic heterocycles. The molecule has 21 heavy (non-hydrogen) atoms. The van der Waals surface area contributed by atoms with Crippen molar-refractivity contribution in [2.24, 2.45) is 0 Å². The number of hydrogen-bond acceptors (Lipinski definition) is 4. The van der Waals surface area contributed by atoms with Gasteiger partial charge in [0.2, 0.25) is 10.0 Å². The van der Waals surface area contributed by atoms with Crippen molar-refractivity contribution in [2.45, 2.75) is 32.1 Å². The molecule has 5 nitrogen and oxygen atoms in total. The zero-order valence-corrected chi connectivity index (χ0v) is 14.1. The van der Waals surface area contributed by atoms with E-state index >= 15 is 0 Å². The summed E-state index contributed by atoms with van der Waals surface area (Å²) in [5.74, 6) is 0. The van der Waals surface area contributed by atoms with Gasteiger partial charge in [-0.3, -0.25) is 0 Å². The Kier molecular flexibility index (Phi) is 7.14. The molecule has 0 bridgehead atoms. The van der Waals surface area contributed by atoms with Gasteiger partial charge in [-0.15, -0.1) is 0 Å². The van der Waals surface area contributed by atoms with Crippen LogP contribution in [-0.2, 0) is 10.0 Å². The first-order chi connectivity index (χ1) is 9.95. The van der Waals surface area contributed by atoms with E-state index < -0.39 is 10.0 Å². The van der Waals surface area contributed by atoms with E-state index in [1.54, 1.807) is 24.3 Å². The van der Waals surface area contributed by atoms with Crippen LogP contribution in [-0.4, -0.2) is 50.3 Å². The highest BCUT2D eigenvalue weighted by molar-refractivity contribution is 7.89. The van der Waals surface area contributed by atoms with Crippen molar-refractivity contribution in [3.8, 4) is 0 Å². The van der Waals surface area contributed by atoms with Gasteiger partial charge in [-0.05, 0) is 50.3 Å². The molecular formula is C15H27N3O2S. The number of nitrogens with zero attached hydrogens (tertiary/aromatic N) is 2. The second-order valence-corrected chi connectivity index (χ2v) is 6.88. The second-order valence-electron chi connectivity index (χ2n) is 4.95. The van der Waals surface area contributed by atoms with Crippen molar-refractivity contribution < 1.29 is 8.42 Å². The van der Waals surface area contributed by atoms with E-state index in [0.717, 1.165) is 26.1 Å². The van der Waals surface area contributed by atoms with Crippen molar-refractivity contribution >= 4 is 15.7 Å². The van der Waals surface area contributed by atoms with E-state index in [0.29, 0.717) is 23.7 Å². The fourth-order valence-corrected chi connectivity index (χ4v) is 3.74. The largest absolute Gasteiger partial charge is 0.399 e. The smallest absolute Gasteiger partial charge is 0.243 e. The summed E-state index contributed by atoms with van der Waals surface area (Å²) in [6.07, 6.45) is 0.837. The van der Waals surface area contributed by atoms with Crippen LogP contribution in [0, 0.1) is 0 Å². The third kappa shape index (κ3) is 4.98. The Morgan fingerprint density at radius 2 is 1.52 bits per heavy atom. The second kappa shape index (κ2) is 8.36. The molecule has 120 valence electrons. The monoisotopic (exact) mass is 313 g/mol. The predicted octanol–water partition coefficient (Wildman–Crippen LogP) is 2.01. The van der Waals surface area contributed by atoms with Gasteiger partial charge in [-0.2, -0.15) is 4.31 Å². The van der Waals surface area contributed by atoms with E-state index in [2.05, 4.69) is 18.7 Å². The summed E-state index contributed by atoms with van der Waals surface area (Å²) < 4.78 is 26.7. The minimum absolute atomic E-state index is 0.307. The van der Waals surface area contributed by atoms with Gasteiger partial charge in [0.15, 0.2) is 0 Å². The van der Waals surface area contributed by atoms with Crippen LogP contribution in [0.4, 0.5) is 5.69 Å². The Bertz CT molecular complexity index is 510. The van der Waals surface area contributed by atoms with Crippen LogP contribution in [0.25, 0.3) is 0 Å². The van der Waals surface area contributed by atoms with Gasteiger partial charge in [0.1, 0.15) is 0 Å². The molecule has 6 heteroatoms. The molecule has 0 aliphatic carbocycles. The quantitative estimate of drug-likeness (QED) is 0.708. The normalized spacial score (nSPS) is 12.2. The minimum Gasteiger partial charge on any atom is -0.399 e. The predicted molar refractivity (Wildman–Crippen MR) is 87.7 cm³/mol. The highest BCUT2D eigenvalue weighted by atomic mass is 32.2.